The molecule has 2 heteroatoms. The Morgan fingerprint density at radius 1 is 1.55 bits per heavy atom. The summed E-state index contributed by atoms with van der Waals surface area (Å²) >= 11 is 1.88. The minimum atomic E-state index is 1.22. The average Bonchev–Trinajstić information content (AvgIpc) is 2.50. The maximum atomic E-state index is 3.05. The van der Waals surface area contributed by atoms with Crippen LogP contribution in [0.15, 0.2) is 17.2 Å². The van der Waals surface area contributed by atoms with Gasteiger partial charge in [-0.3, -0.25) is 0 Å². The summed E-state index contributed by atoms with van der Waals surface area (Å²) in [5.41, 5.74) is 0. The quantitative estimate of drug-likeness (QED) is 0.527. The van der Waals surface area contributed by atoms with Crippen molar-refractivity contribution < 1.29 is 0 Å². The Balaban J connectivity index is 2.04. The van der Waals surface area contributed by atoms with Crippen LogP contribution in [0.2, 0.25) is 0 Å². The molecule has 0 aliphatic heterocycles. The number of aromatic amines is 1. The van der Waals surface area contributed by atoms with Crippen LogP contribution in [0.5, 0.6) is 0 Å². The van der Waals surface area contributed by atoms with Gasteiger partial charge in [0.1, 0.15) is 0 Å². The van der Waals surface area contributed by atoms with Crippen molar-refractivity contribution in [3.63, 3.8) is 0 Å². The Morgan fingerprint density at radius 3 is 3.09 bits per heavy atom. The summed E-state index contributed by atoms with van der Waals surface area (Å²) < 4.78 is 0. The summed E-state index contributed by atoms with van der Waals surface area (Å²) in [6.45, 7) is 2.23. The molecule has 0 amide bonds. The molecule has 0 atom stereocenters. The summed E-state index contributed by atoms with van der Waals surface area (Å²) in [7, 11) is 0. The summed E-state index contributed by atoms with van der Waals surface area (Å²) in [6.07, 6.45) is 8.94. The van der Waals surface area contributed by atoms with Gasteiger partial charge in [0, 0.05) is 11.1 Å². The highest BCUT2D eigenvalue weighted by Gasteiger charge is 1.92. The molecule has 0 saturated heterocycles. The van der Waals surface area contributed by atoms with E-state index in [0.717, 1.165) is 0 Å². The van der Waals surface area contributed by atoms with Crippen LogP contribution in [0.3, 0.4) is 0 Å². The van der Waals surface area contributed by atoms with Gasteiger partial charge in [-0.15, -0.1) is 11.8 Å². The van der Waals surface area contributed by atoms with Crippen LogP contribution in [-0.2, 0) is 0 Å². The fraction of sp³-hybridized carbons (Fsp3) is 0.556. The van der Waals surface area contributed by atoms with E-state index in [1.54, 1.807) is 0 Å². The molecule has 0 unspecified atom stereocenters. The number of rotatable bonds is 5. The molecular weight excluding hydrogens is 154 g/mol. The molecule has 0 bridgehead atoms. The number of aromatic nitrogens is 1. The van der Waals surface area contributed by atoms with Crippen molar-refractivity contribution in [3.05, 3.63) is 18.5 Å². The molecule has 0 fully saturated rings. The van der Waals surface area contributed by atoms with Crippen LogP contribution in [0.25, 0.3) is 0 Å². The van der Waals surface area contributed by atoms with Gasteiger partial charge in [0.25, 0.3) is 0 Å². The SMILES string of the molecule is CCCCCSc1[c][nH]cc1. The molecule has 0 spiro atoms. The lowest BCUT2D eigenvalue weighted by Crippen LogP contribution is -1.77. The normalized spacial score (nSPS) is 10.3. The monoisotopic (exact) mass is 168 g/mol. The molecule has 0 aliphatic carbocycles. The van der Waals surface area contributed by atoms with E-state index >= 15 is 0 Å². The van der Waals surface area contributed by atoms with Gasteiger partial charge in [0.05, 0.1) is 6.20 Å². The van der Waals surface area contributed by atoms with E-state index in [4.69, 9.17) is 0 Å². The van der Waals surface area contributed by atoms with Gasteiger partial charge in [-0.2, -0.15) is 0 Å². The molecule has 1 aromatic heterocycles. The number of H-pyrrole nitrogens is 1. The standard InChI is InChI=1S/C9H14NS/c1-2-3-4-7-11-9-5-6-10-8-9/h5-6,10H,2-4,7H2,1H3. The van der Waals surface area contributed by atoms with Crippen LogP contribution in [0, 0.1) is 6.20 Å². The zero-order valence-corrected chi connectivity index (χ0v) is 7.71. The smallest absolute Gasteiger partial charge is 0.0769 e. The van der Waals surface area contributed by atoms with Gasteiger partial charge in [-0.1, -0.05) is 19.8 Å². The maximum Gasteiger partial charge on any atom is 0.0769 e. The maximum absolute atomic E-state index is 3.05. The van der Waals surface area contributed by atoms with Crippen LogP contribution < -0.4 is 0 Å². The third-order valence-corrected chi connectivity index (χ3v) is 2.56. The van der Waals surface area contributed by atoms with E-state index in [1.165, 1.54) is 29.9 Å². The van der Waals surface area contributed by atoms with E-state index in [9.17, 15) is 0 Å². The number of nitrogens with one attached hydrogen (secondary N) is 1. The molecule has 0 aromatic carbocycles. The minimum Gasteiger partial charge on any atom is -0.359 e. The van der Waals surface area contributed by atoms with Crippen molar-refractivity contribution in [3.8, 4) is 0 Å². The molecule has 1 N–H and O–H groups in total. The second-order valence-electron chi connectivity index (χ2n) is 2.52. The molecule has 1 heterocycles. The Bertz CT molecular complexity index is 170. The predicted octanol–water partition coefficient (Wildman–Crippen LogP) is 3.10. The Labute approximate surface area is 72.6 Å². The molecule has 1 aromatic rings. The molecule has 1 rings (SSSR count). The lowest BCUT2D eigenvalue weighted by atomic mass is 10.3. The molecule has 11 heavy (non-hydrogen) atoms. The zero-order valence-electron chi connectivity index (χ0n) is 6.89. The average molecular weight is 168 g/mol. The summed E-state index contributed by atoms with van der Waals surface area (Å²) in [4.78, 5) is 4.16. The van der Waals surface area contributed by atoms with Crippen LogP contribution >= 0.6 is 11.8 Å². The predicted molar refractivity (Wildman–Crippen MR) is 49.9 cm³/mol. The van der Waals surface area contributed by atoms with Crippen molar-refractivity contribution in [1.82, 2.24) is 4.98 Å². The van der Waals surface area contributed by atoms with E-state index in [2.05, 4.69) is 24.2 Å². The van der Waals surface area contributed by atoms with Gasteiger partial charge >= 0.3 is 0 Å². The van der Waals surface area contributed by atoms with Gasteiger partial charge in [0.2, 0.25) is 0 Å². The van der Waals surface area contributed by atoms with Crippen LogP contribution in [-0.4, -0.2) is 10.7 Å². The lowest BCUT2D eigenvalue weighted by Gasteiger charge is -1.95. The first kappa shape index (κ1) is 8.72. The lowest BCUT2D eigenvalue weighted by molar-refractivity contribution is 0.778. The highest BCUT2D eigenvalue weighted by Crippen LogP contribution is 2.17. The van der Waals surface area contributed by atoms with Gasteiger partial charge in [-0.05, 0) is 18.2 Å². The Kier molecular flexibility index (Phi) is 4.21. The first-order chi connectivity index (χ1) is 5.43. The van der Waals surface area contributed by atoms with Crippen molar-refractivity contribution in [2.45, 2.75) is 31.1 Å². The third-order valence-electron chi connectivity index (χ3n) is 1.52. The van der Waals surface area contributed by atoms with Gasteiger partial charge in [0.15, 0.2) is 0 Å². The topological polar surface area (TPSA) is 15.8 Å². The number of hydrogen-bond donors (Lipinski definition) is 1. The first-order valence-corrected chi connectivity index (χ1v) is 5.10. The van der Waals surface area contributed by atoms with Crippen molar-refractivity contribution >= 4 is 11.8 Å². The highest BCUT2D eigenvalue weighted by molar-refractivity contribution is 7.99. The summed E-state index contributed by atoms with van der Waals surface area (Å²) in [5.74, 6) is 1.22. The Morgan fingerprint density at radius 2 is 2.45 bits per heavy atom. The van der Waals surface area contributed by atoms with Crippen molar-refractivity contribution in [1.29, 1.82) is 0 Å². The highest BCUT2D eigenvalue weighted by atomic mass is 32.2. The van der Waals surface area contributed by atoms with Crippen LogP contribution in [0.1, 0.15) is 26.2 Å². The number of thioether (sulfide) groups is 1. The molecule has 0 aliphatic rings. The molecule has 1 nitrogen and oxygen atoms in total. The van der Waals surface area contributed by atoms with E-state index in [1.807, 2.05) is 18.0 Å². The second kappa shape index (κ2) is 5.30. The molecule has 61 valence electrons. The zero-order chi connectivity index (χ0) is 7.94. The number of hydrogen-bond acceptors (Lipinski definition) is 1. The Hall–Kier alpha value is -0.370. The molecular formula is C9H14NS. The molecule has 0 saturated carbocycles. The first-order valence-electron chi connectivity index (χ1n) is 4.11. The fourth-order valence-corrected chi connectivity index (χ4v) is 1.75. The van der Waals surface area contributed by atoms with E-state index < -0.39 is 0 Å². The van der Waals surface area contributed by atoms with Gasteiger partial charge < -0.3 is 4.98 Å². The van der Waals surface area contributed by atoms with E-state index in [-0.39, 0.29) is 0 Å². The van der Waals surface area contributed by atoms with E-state index in [0.29, 0.717) is 0 Å². The molecule has 1 radical (unpaired) electrons. The third kappa shape index (κ3) is 3.51. The van der Waals surface area contributed by atoms with Gasteiger partial charge in [-0.25, -0.2) is 0 Å². The summed E-state index contributed by atoms with van der Waals surface area (Å²) in [5, 5.41) is 0. The van der Waals surface area contributed by atoms with Crippen molar-refractivity contribution in [2.24, 2.45) is 0 Å². The van der Waals surface area contributed by atoms with Crippen molar-refractivity contribution in [2.75, 3.05) is 5.75 Å². The largest absolute Gasteiger partial charge is 0.359 e. The van der Waals surface area contributed by atoms with Crippen LogP contribution in [0.4, 0.5) is 0 Å². The fourth-order valence-electron chi connectivity index (χ4n) is 0.890. The second-order valence-corrected chi connectivity index (χ2v) is 3.66. The summed E-state index contributed by atoms with van der Waals surface area (Å²) in [6, 6.07) is 2.07. The minimum absolute atomic E-state index is 1.22. The number of unbranched alkanes of at least 4 members (excludes halogenated alkanes) is 2.